The van der Waals surface area contributed by atoms with Gasteiger partial charge < -0.3 is 24.8 Å². The summed E-state index contributed by atoms with van der Waals surface area (Å²) in [6.45, 7) is -0.250. The molecule has 0 spiro atoms. The average Bonchev–Trinajstić information content (AvgIpc) is 3.10. The molecule has 1 aromatic carbocycles. The zero-order valence-electron chi connectivity index (χ0n) is 13.2. The smallest absolute Gasteiger partial charge is 0.410 e. The van der Waals surface area contributed by atoms with Crippen molar-refractivity contribution < 1.29 is 29.6 Å². The van der Waals surface area contributed by atoms with Crippen molar-refractivity contribution in [2.75, 3.05) is 11.9 Å². The van der Waals surface area contributed by atoms with Gasteiger partial charge in [0.1, 0.15) is 18.0 Å². The molecule has 1 aliphatic heterocycles. The number of aliphatic hydroxyl groups excluding tert-OH is 3. The van der Waals surface area contributed by atoms with Crippen LogP contribution < -0.4 is 10.1 Å². The van der Waals surface area contributed by atoms with E-state index in [-0.39, 0.29) is 18.8 Å². The summed E-state index contributed by atoms with van der Waals surface area (Å²) in [6.07, 6.45) is -3.97. The topological polar surface area (TPSA) is 108 Å². The van der Waals surface area contributed by atoms with Crippen molar-refractivity contribution in [2.45, 2.75) is 30.8 Å². The highest BCUT2D eigenvalue weighted by Gasteiger charge is 2.37. The van der Waals surface area contributed by atoms with E-state index in [4.69, 9.17) is 9.47 Å². The summed E-state index contributed by atoms with van der Waals surface area (Å²) >= 11 is 1.37. The van der Waals surface area contributed by atoms with Crippen molar-refractivity contribution in [3.63, 3.8) is 0 Å². The maximum absolute atomic E-state index is 11.9. The molecule has 4 N–H and O–H groups in total. The normalized spacial score (nSPS) is 26.2. The second-order valence-corrected chi connectivity index (χ2v) is 6.67. The van der Waals surface area contributed by atoms with E-state index in [1.54, 1.807) is 30.3 Å². The number of nitrogens with one attached hydrogen (secondary N) is 1. The van der Waals surface area contributed by atoms with Crippen LogP contribution in [0.1, 0.15) is 18.1 Å². The van der Waals surface area contributed by atoms with E-state index < -0.39 is 30.5 Å². The Kier molecular flexibility index (Phi) is 5.67. The lowest BCUT2D eigenvalue weighted by Crippen LogP contribution is -2.44. The van der Waals surface area contributed by atoms with Crippen LogP contribution in [0.25, 0.3) is 0 Å². The third-order valence-electron chi connectivity index (χ3n) is 3.90. The highest BCUT2D eigenvalue weighted by atomic mass is 32.1. The second kappa shape index (κ2) is 7.94. The minimum atomic E-state index is -1.13. The largest absolute Gasteiger partial charge is 0.417 e. The minimum absolute atomic E-state index is 0.160. The van der Waals surface area contributed by atoms with Gasteiger partial charge in [-0.3, -0.25) is 5.32 Å². The van der Waals surface area contributed by atoms with Gasteiger partial charge in [0.2, 0.25) is 0 Å². The molecule has 2 aromatic rings. The molecule has 1 amide bonds. The number of aliphatic hydroxyl groups is 3. The standard InChI is InChI=1S/C17H19NO6S/c19-9-12-8-13(20)15(21)16(23-12)10-3-1-4-11(7-10)24-17(22)18-14-5-2-6-25-14/h1-7,12-13,15-16,19-21H,8-9H2,(H,18,22)/t12-,13-,15-,16+/m0/s1. The number of anilines is 1. The fourth-order valence-electron chi connectivity index (χ4n) is 2.69. The summed E-state index contributed by atoms with van der Waals surface area (Å²) in [5.41, 5.74) is 0.547. The Balaban J connectivity index is 1.71. The summed E-state index contributed by atoms with van der Waals surface area (Å²) in [5, 5.41) is 34.5. The average molecular weight is 365 g/mol. The Morgan fingerprint density at radius 3 is 2.88 bits per heavy atom. The molecule has 8 heteroatoms. The molecule has 0 aliphatic carbocycles. The molecule has 1 saturated heterocycles. The number of amides is 1. The zero-order valence-corrected chi connectivity index (χ0v) is 14.1. The van der Waals surface area contributed by atoms with Crippen molar-refractivity contribution in [1.82, 2.24) is 0 Å². The molecule has 2 heterocycles. The van der Waals surface area contributed by atoms with Crippen LogP contribution in [0.3, 0.4) is 0 Å². The lowest BCUT2D eigenvalue weighted by atomic mass is 9.93. The van der Waals surface area contributed by atoms with Gasteiger partial charge in [0.15, 0.2) is 0 Å². The summed E-state index contributed by atoms with van der Waals surface area (Å²) in [6, 6.07) is 10.1. The number of rotatable bonds is 4. The highest BCUT2D eigenvalue weighted by molar-refractivity contribution is 7.14. The molecule has 7 nitrogen and oxygen atoms in total. The first-order chi connectivity index (χ1) is 12.1. The second-order valence-electron chi connectivity index (χ2n) is 5.72. The number of hydrogen-bond donors (Lipinski definition) is 4. The van der Waals surface area contributed by atoms with E-state index in [0.29, 0.717) is 10.6 Å². The molecule has 134 valence electrons. The Morgan fingerprint density at radius 1 is 1.32 bits per heavy atom. The predicted molar refractivity (Wildman–Crippen MR) is 91.7 cm³/mol. The predicted octanol–water partition coefficient (Wildman–Crippen LogP) is 1.90. The van der Waals surface area contributed by atoms with Crippen molar-refractivity contribution in [3.8, 4) is 5.75 Å². The van der Waals surface area contributed by atoms with Crippen molar-refractivity contribution in [1.29, 1.82) is 0 Å². The molecule has 1 aromatic heterocycles. The van der Waals surface area contributed by atoms with E-state index in [1.807, 2.05) is 11.4 Å². The van der Waals surface area contributed by atoms with Gasteiger partial charge in [-0.15, -0.1) is 11.3 Å². The van der Waals surface area contributed by atoms with Crippen LogP contribution in [0.2, 0.25) is 0 Å². The number of ether oxygens (including phenoxy) is 2. The Bertz CT molecular complexity index is 707. The van der Waals surface area contributed by atoms with Gasteiger partial charge in [-0.25, -0.2) is 4.79 Å². The molecule has 0 radical (unpaired) electrons. The summed E-state index contributed by atoms with van der Waals surface area (Å²) in [5.74, 6) is 0.281. The van der Waals surface area contributed by atoms with Crippen molar-refractivity contribution in [2.24, 2.45) is 0 Å². The molecule has 0 saturated carbocycles. The molecule has 0 bridgehead atoms. The summed E-state index contributed by atoms with van der Waals surface area (Å²) in [4.78, 5) is 11.9. The number of thiophene rings is 1. The van der Waals surface area contributed by atoms with E-state index in [0.717, 1.165) is 0 Å². The number of benzene rings is 1. The Morgan fingerprint density at radius 2 is 2.16 bits per heavy atom. The van der Waals surface area contributed by atoms with E-state index in [2.05, 4.69) is 5.32 Å². The fourth-order valence-corrected chi connectivity index (χ4v) is 3.29. The maximum atomic E-state index is 11.9. The van der Waals surface area contributed by atoms with Crippen molar-refractivity contribution in [3.05, 3.63) is 47.3 Å². The van der Waals surface area contributed by atoms with Crippen LogP contribution in [0, 0.1) is 0 Å². The van der Waals surface area contributed by atoms with Crippen molar-refractivity contribution >= 4 is 22.4 Å². The number of carbonyl (C=O) groups is 1. The van der Waals surface area contributed by atoms with Crippen LogP contribution in [0.15, 0.2) is 41.8 Å². The highest BCUT2D eigenvalue weighted by Crippen LogP contribution is 2.33. The molecule has 0 unspecified atom stereocenters. The Labute approximate surface area is 148 Å². The first-order valence-corrected chi connectivity index (χ1v) is 8.69. The molecule has 25 heavy (non-hydrogen) atoms. The van der Waals surface area contributed by atoms with Gasteiger partial charge in [-0.2, -0.15) is 0 Å². The van der Waals surface area contributed by atoms with Crippen LogP contribution in [0.4, 0.5) is 9.80 Å². The third-order valence-corrected chi connectivity index (χ3v) is 4.68. The summed E-state index contributed by atoms with van der Waals surface area (Å²) < 4.78 is 10.9. The summed E-state index contributed by atoms with van der Waals surface area (Å²) in [7, 11) is 0. The van der Waals surface area contributed by atoms with Gasteiger partial charge in [-0.05, 0) is 35.2 Å². The number of carbonyl (C=O) groups excluding carboxylic acids is 1. The zero-order chi connectivity index (χ0) is 17.8. The number of hydrogen-bond acceptors (Lipinski definition) is 7. The van der Waals surface area contributed by atoms with Gasteiger partial charge in [0, 0.05) is 6.42 Å². The lowest BCUT2D eigenvalue weighted by molar-refractivity contribution is -0.179. The SMILES string of the molecule is O=C(Nc1cccs1)Oc1cccc([C@H]2O[C@H](CO)C[C@H](O)[C@@H]2O)c1. The Hall–Kier alpha value is -1.97. The van der Waals surface area contributed by atoms with Gasteiger partial charge in [-0.1, -0.05) is 12.1 Å². The minimum Gasteiger partial charge on any atom is -0.410 e. The van der Waals surface area contributed by atoms with E-state index >= 15 is 0 Å². The monoisotopic (exact) mass is 365 g/mol. The molecule has 4 atom stereocenters. The van der Waals surface area contributed by atoms with E-state index in [9.17, 15) is 20.1 Å². The molecule has 3 rings (SSSR count). The third kappa shape index (κ3) is 4.36. The van der Waals surface area contributed by atoms with Crippen LogP contribution in [0.5, 0.6) is 5.75 Å². The molecule has 1 fully saturated rings. The molecular weight excluding hydrogens is 346 g/mol. The fraction of sp³-hybridized carbons (Fsp3) is 0.353. The molecule has 1 aliphatic rings. The molecular formula is C17H19NO6S. The first kappa shape index (κ1) is 17.8. The lowest BCUT2D eigenvalue weighted by Gasteiger charge is -2.36. The van der Waals surface area contributed by atoms with E-state index in [1.165, 1.54) is 11.3 Å². The quantitative estimate of drug-likeness (QED) is 0.659. The van der Waals surface area contributed by atoms with Gasteiger partial charge in [0.05, 0.1) is 23.8 Å². The first-order valence-electron chi connectivity index (χ1n) is 7.81. The van der Waals surface area contributed by atoms with Crippen LogP contribution >= 0.6 is 11.3 Å². The van der Waals surface area contributed by atoms with Crippen LogP contribution in [-0.2, 0) is 4.74 Å². The maximum Gasteiger partial charge on any atom is 0.417 e. The van der Waals surface area contributed by atoms with Crippen LogP contribution in [-0.4, -0.2) is 46.3 Å². The van der Waals surface area contributed by atoms with Gasteiger partial charge in [0.25, 0.3) is 0 Å². The van der Waals surface area contributed by atoms with Gasteiger partial charge >= 0.3 is 6.09 Å².